The zero-order valence-corrected chi connectivity index (χ0v) is 13.5. The fourth-order valence-corrected chi connectivity index (χ4v) is 2.78. The number of imide groups is 1. The number of rotatable bonds is 4. The Morgan fingerprint density at radius 2 is 1.96 bits per heavy atom. The van der Waals surface area contributed by atoms with Crippen LogP contribution in [0, 0.1) is 6.92 Å². The number of carbonyl (C=O) groups is 3. The Hall–Kier alpha value is -3.02. The molecule has 0 bridgehead atoms. The van der Waals surface area contributed by atoms with E-state index in [0.717, 1.165) is 28.1 Å². The van der Waals surface area contributed by atoms with E-state index in [9.17, 15) is 14.4 Å². The van der Waals surface area contributed by atoms with E-state index in [1.165, 1.54) is 12.3 Å². The molecule has 6 heteroatoms. The molecule has 0 saturated carbocycles. The van der Waals surface area contributed by atoms with Gasteiger partial charge in [-0.2, -0.15) is 0 Å². The molecular formula is C18H17N3O3. The topological polar surface area (TPSA) is 79.4 Å². The Bertz CT molecular complexity index is 810. The minimum atomic E-state index is -0.536. The number of aryl methyl sites for hydroxylation is 2. The van der Waals surface area contributed by atoms with Gasteiger partial charge in [-0.3, -0.25) is 24.3 Å². The fraction of sp³-hybridized carbons (Fsp3) is 0.222. The second kappa shape index (κ2) is 6.23. The number of nitrogens with one attached hydrogen (secondary N) is 1. The Balaban J connectivity index is 1.78. The third kappa shape index (κ3) is 2.67. The van der Waals surface area contributed by atoms with Crippen LogP contribution in [0.3, 0.4) is 0 Å². The molecule has 1 aromatic heterocycles. The Labute approximate surface area is 139 Å². The summed E-state index contributed by atoms with van der Waals surface area (Å²) in [5, 5.41) is 2.82. The molecule has 0 spiro atoms. The van der Waals surface area contributed by atoms with E-state index in [4.69, 9.17) is 0 Å². The van der Waals surface area contributed by atoms with Crippen LogP contribution in [0.2, 0.25) is 0 Å². The van der Waals surface area contributed by atoms with Crippen LogP contribution in [0.1, 0.15) is 38.9 Å². The number of para-hydroxylation sites is 1. The molecular weight excluding hydrogens is 306 g/mol. The number of carbonyl (C=O) groups excluding carboxylic acids is 3. The average molecular weight is 323 g/mol. The van der Waals surface area contributed by atoms with Crippen molar-refractivity contribution in [1.82, 2.24) is 9.88 Å². The smallest absolute Gasteiger partial charge is 0.280 e. The lowest BCUT2D eigenvalue weighted by Crippen LogP contribution is -2.37. The highest BCUT2D eigenvalue weighted by Gasteiger charge is 2.37. The summed E-state index contributed by atoms with van der Waals surface area (Å²) in [5.74, 6) is -1.43. The number of anilines is 1. The maximum Gasteiger partial charge on any atom is 0.280 e. The molecule has 0 unspecified atom stereocenters. The minimum absolute atomic E-state index is 0.0976. The molecule has 1 aliphatic rings. The van der Waals surface area contributed by atoms with Gasteiger partial charge in [0.15, 0.2) is 0 Å². The zero-order valence-electron chi connectivity index (χ0n) is 13.5. The Morgan fingerprint density at radius 3 is 2.67 bits per heavy atom. The number of fused-ring (bicyclic) bond motifs is 1. The Morgan fingerprint density at radius 1 is 1.17 bits per heavy atom. The van der Waals surface area contributed by atoms with E-state index in [1.807, 2.05) is 32.0 Å². The second-order valence-electron chi connectivity index (χ2n) is 5.61. The third-order valence-corrected chi connectivity index (χ3v) is 4.04. The lowest BCUT2D eigenvalue weighted by molar-refractivity contribution is -0.116. The van der Waals surface area contributed by atoms with Gasteiger partial charge in [0.2, 0.25) is 5.91 Å². The lowest BCUT2D eigenvalue weighted by atomic mass is 10.1. The molecule has 0 radical (unpaired) electrons. The van der Waals surface area contributed by atoms with Gasteiger partial charge in [0.25, 0.3) is 11.8 Å². The van der Waals surface area contributed by atoms with E-state index in [0.29, 0.717) is 0 Å². The molecule has 0 aliphatic carbocycles. The molecule has 6 nitrogen and oxygen atoms in total. The molecule has 2 heterocycles. The first-order chi connectivity index (χ1) is 11.5. The lowest BCUT2D eigenvalue weighted by Gasteiger charge is -2.16. The average Bonchev–Trinajstić information content (AvgIpc) is 2.82. The second-order valence-corrected chi connectivity index (χ2v) is 5.61. The summed E-state index contributed by atoms with van der Waals surface area (Å²) in [7, 11) is 0. The molecule has 3 rings (SSSR count). The van der Waals surface area contributed by atoms with Crippen molar-refractivity contribution in [3.8, 4) is 0 Å². The van der Waals surface area contributed by atoms with Gasteiger partial charge in [-0.05, 0) is 36.6 Å². The van der Waals surface area contributed by atoms with Crippen molar-refractivity contribution < 1.29 is 14.4 Å². The van der Waals surface area contributed by atoms with Crippen LogP contribution in [-0.4, -0.2) is 34.2 Å². The first-order valence-electron chi connectivity index (χ1n) is 7.72. The van der Waals surface area contributed by atoms with E-state index in [-0.39, 0.29) is 17.8 Å². The molecule has 1 N–H and O–H groups in total. The first kappa shape index (κ1) is 15.9. The predicted octanol–water partition coefficient (Wildman–Crippen LogP) is 2.19. The molecule has 3 amide bonds. The molecule has 1 aromatic carbocycles. The highest BCUT2D eigenvalue weighted by atomic mass is 16.2. The van der Waals surface area contributed by atoms with Crippen LogP contribution in [-0.2, 0) is 11.2 Å². The van der Waals surface area contributed by atoms with Crippen LogP contribution < -0.4 is 5.32 Å². The molecule has 0 atom stereocenters. The Kier molecular flexibility index (Phi) is 4.12. The maximum atomic E-state index is 12.4. The number of amides is 3. The molecule has 122 valence electrons. The van der Waals surface area contributed by atoms with Crippen molar-refractivity contribution in [3.05, 3.63) is 58.9 Å². The van der Waals surface area contributed by atoms with Crippen LogP contribution in [0.15, 0.2) is 36.5 Å². The highest BCUT2D eigenvalue weighted by Crippen LogP contribution is 2.23. The van der Waals surface area contributed by atoms with Gasteiger partial charge in [0, 0.05) is 11.9 Å². The molecule has 0 fully saturated rings. The van der Waals surface area contributed by atoms with Gasteiger partial charge in [-0.25, -0.2) is 0 Å². The van der Waals surface area contributed by atoms with Gasteiger partial charge in [-0.15, -0.1) is 0 Å². The minimum Gasteiger partial charge on any atom is -0.324 e. The SMILES string of the molecule is CCc1cccc(C)c1NC(=O)CN1C(=O)c2cccnc2C1=O. The zero-order chi connectivity index (χ0) is 17.3. The molecule has 2 aromatic rings. The van der Waals surface area contributed by atoms with Gasteiger partial charge < -0.3 is 5.32 Å². The number of aromatic nitrogens is 1. The molecule has 0 saturated heterocycles. The van der Waals surface area contributed by atoms with Crippen LogP contribution in [0.4, 0.5) is 5.69 Å². The molecule has 1 aliphatic heterocycles. The predicted molar refractivity (Wildman–Crippen MR) is 88.8 cm³/mol. The number of nitrogens with zero attached hydrogens (tertiary/aromatic N) is 2. The van der Waals surface area contributed by atoms with Gasteiger partial charge in [0.05, 0.1) is 5.56 Å². The van der Waals surface area contributed by atoms with E-state index in [2.05, 4.69) is 10.3 Å². The quantitative estimate of drug-likeness (QED) is 0.875. The summed E-state index contributed by atoms with van der Waals surface area (Å²) in [5.41, 5.74) is 3.01. The van der Waals surface area contributed by atoms with Crippen molar-refractivity contribution in [2.45, 2.75) is 20.3 Å². The normalized spacial score (nSPS) is 13.2. The monoisotopic (exact) mass is 323 g/mol. The summed E-state index contributed by atoms with van der Waals surface area (Å²) >= 11 is 0. The van der Waals surface area contributed by atoms with Crippen LogP contribution >= 0.6 is 0 Å². The fourth-order valence-electron chi connectivity index (χ4n) is 2.78. The summed E-state index contributed by atoms with van der Waals surface area (Å²) in [6.45, 7) is 3.58. The largest absolute Gasteiger partial charge is 0.324 e. The van der Waals surface area contributed by atoms with Crippen molar-refractivity contribution in [2.24, 2.45) is 0 Å². The standard InChI is InChI=1S/C18H17N3O3/c1-3-12-7-4-6-11(2)15(12)20-14(22)10-21-17(23)13-8-5-9-19-16(13)18(21)24/h4-9H,3,10H2,1-2H3,(H,20,22). The summed E-state index contributed by atoms with van der Waals surface area (Å²) < 4.78 is 0. The van der Waals surface area contributed by atoms with E-state index < -0.39 is 17.7 Å². The highest BCUT2D eigenvalue weighted by molar-refractivity contribution is 6.21. The van der Waals surface area contributed by atoms with Gasteiger partial charge in [0.1, 0.15) is 12.2 Å². The number of pyridine rings is 1. The van der Waals surface area contributed by atoms with Crippen molar-refractivity contribution in [2.75, 3.05) is 11.9 Å². The van der Waals surface area contributed by atoms with Crippen LogP contribution in [0.5, 0.6) is 0 Å². The maximum absolute atomic E-state index is 12.4. The summed E-state index contributed by atoms with van der Waals surface area (Å²) in [4.78, 5) is 41.7. The van der Waals surface area contributed by atoms with Crippen LogP contribution in [0.25, 0.3) is 0 Å². The van der Waals surface area contributed by atoms with Gasteiger partial charge >= 0.3 is 0 Å². The number of hydrogen-bond acceptors (Lipinski definition) is 4. The molecule has 24 heavy (non-hydrogen) atoms. The number of hydrogen-bond donors (Lipinski definition) is 1. The van der Waals surface area contributed by atoms with Gasteiger partial charge in [-0.1, -0.05) is 25.1 Å². The van der Waals surface area contributed by atoms with E-state index >= 15 is 0 Å². The third-order valence-electron chi connectivity index (χ3n) is 4.04. The summed E-state index contributed by atoms with van der Waals surface area (Å²) in [6, 6.07) is 8.90. The first-order valence-corrected chi connectivity index (χ1v) is 7.72. The van der Waals surface area contributed by atoms with E-state index in [1.54, 1.807) is 6.07 Å². The number of benzene rings is 1. The van der Waals surface area contributed by atoms with Crippen molar-refractivity contribution in [1.29, 1.82) is 0 Å². The van der Waals surface area contributed by atoms with Crippen molar-refractivity contribution >= 4 is 23.4 Å². The van der Waals surface area contributed by atoms with Crippen molar-refractivity contribution in [3.63, 3.8) is 0 Å². The summed E-state index contributed by atoms with van der Waals surface area (Å²) in [6.07, 6.45) is 2.22.